The minimum Gasteiger partial charge on any atom is -0.365 e. The molecule has 0 aliphatic carbocycles. The van der Waals surface area contributed by atoms with Crippen LogP contribution in [0.15, 0.2) is 53.6 Å². The van der Waals surface area contributed by atoms with Gasteiger partial charge in [-0.25, -0.2) is 22.6 Å². The lowest BCUT2D eigenvalue weighted by molar-refractivity contribution is 0.0975. The number of rotatable bonds is 5. The van der Waals surface area contributed by atoms with E-state index in [4.69, 9.17) is 34.7 Å². The van der Waals surface area contributed by atoms with E-state index in [0.29, 0.717) is 5.69 Å². The smallest absolute Gasteiger partial charge is 0.258 e. The van der Waals surface area contributed by atoms with E-state index in [1.54, 1.807) is 0 Å². The Morgan fingerprint density at radius 2 is 1.78 bits per heavy atom. The Bertz CT molecular complexity index is 1340. The third-order valence-corrected chi connectivity index (χ3v) is 5.53. The van der Waals surface area contributed by atoms with Crippen LogP contribution in [0.5, 0.6) is 0 Å². The van der Waals surface area contributed by atoms with Crippen LogP contribution < -0.4 is 21.5 Å². The quantitative estimate of drug-likeness (QED) is 0.389. The molecule has 0 radical (unpaired) electrons. The molecule has 3 aromatic rings. The highest BCUT2D eigenvalue weighted by Crippen LogP contribution is 2.22. The molecule has 1 heterocycles. The minimum absolute atomic E-state index is 0.0105. The summed E-state index contributed by atoms with van der Waals surface area (Å²) in [7, 11) is -3.91. The van der Waals surface area contributed by atoms with Crippen molar-refractivity contribution in [1.29, 1.82) is 0 Å². The maximum atomic E-state index is 13.2. The average molecular weight is 497 g/mol. The highest BCUT2D eigenvalue weighted by molar-refractivity contribution is 7.89. The number of benzene rings is 2. The zero-order chi connectivity index (χ0) is 23.6. The summed E-state index contributed by atoms with van der Waals surface area (Å²) in [5, 5.41) is 13.8. The van der Waals surface area contributed by atoms with Crippen molar-refractivity contribution in [1.82, 2.24) is 15.1 Å². The minimum atomic E-state index is -3.91. The van der Waals surface area contributed by atoms with Crippen LogP contribution in [0, 0.1) is 5.82 Å². The second-order valence-corrected chi connectivity index (χ2v) is 8.63. The molecule has 0 aliphatic heterocycles. The number of amides is 2. The summed E-state index contributed by atoms with van der Waals surface area (Å²) < 4.78 is 37.3. The largest absolute Gasteiger partial charge is 0.365 e. The molecule has 0 bridgehead atoms. The lowest BCUT2D eigenvalue weighted by Crippen LogP contribution is -2.35. The van der Waals surface area contributed by atoms with Gasteiger partial charge in [0, 0.05) is 0 Å². The van der Waals surface area contributed by atoms with Gasteiger partial charge in [0.15, 0.2) is 5.11 Å². The third-order valence-electron chi connectivity index (χ3n) is 4.08. The van der Waals surface area contributed by atoms with Crippen LogP contribution in [0.1, 0.15) is 20.7 Å². The van der Waals surface area contributed by atoms with E-state index in [-0.39, 0.29) is 32.0 Å². The number of nitrogens with zero attached hydrogens (tertiary/aromatic N) is 2. The van der Waals surface area contributed by atoms with E-state index in [1.165, 1.54) is 41.2 Å². The van der Waals surface area contributed by atoms with E-state index in [1.807, 2.05) is 0 Å². The number of anilines is 1. The standard InChI is InChI=1S/C18H14ClFN6O4S2/c19-14-7-9(20)1-6-12(14)17(28)25-18(31)24-16-13(15(21)27)8-23-26(16)10-2-4-11(5-3-10)32(22,29)30/h1-8H,(H2,21,27)(H2,22,29,30)(H2,24,25,28,31). The fraction of sp³-hybridized carbons (Fsp3) is 0. The number of nitrogens with one attached hydrogen (secondary N) is 2. The number of hydrogen-bond donors (Lipinski definition) is 4. The Morgan fingerprint density at radius 1 is 1.12 bits per heavy atom. The third kappa shape index (κ3) is 5.08. The molecule has 0 saturated heterocycles. The molecular formula is C18H14ClFN6O4S2. The van der Waals surface area contributed by atoms with Crippen molar-refractivity contribution < 1.29 is 22.4 Å². The van der Waals surface area contributed by atoms with Gasteiger partial charge in [-0.05, 0) is 54.7 Å². The van der Waals surface area contributed by atoms with Crippen molar-refractivity contribution in [2.75, 3.05) is 5.32 Å². The number of primary sulfonamides is 1. The molecule has 6 N–H and O–H groups in total. The van der Waals surface area contributed by atoms with Crippen molar-refractivity contribution in [3.8, 4) is 5.69 Å². The molecule has 0 unspecified atom stereocenters. The lowest BCUT2D eigenvalue weighted by atomic mass is 10.2. The van der Waals surface area contributed by atoms with Gasteiger partial charge in [0.25, 0.3) is 11.8 Å². The molecule has 10 nitrogen and oxygen atoms in total. The Balaban J connectivity index is 1.88. The Morgan fingerprint density at radius 3 is 2.34 bits per heavy atom. The molecule has 0 saturated carbocycles. The Kier molecular flexibility index (Phi) is 6.55. The van der Waals surface area contributed by atoms with Crippen molar-refractivity contribution in [2.24, 2.45) is 10.9 Å². The monoisotopic (exact) mass is 496 g/mol. The highest BCUT2D eigenvalue weighted by Gasteiger charge is 2.20. The average Bonchev–Trinajstić information content (AvgIpc) is 3.10. The first-order chi connectivity index (χ1) is 15.0. The molecule has 0 atom stereocenters. The number of thiocarbonyl (C=S) groups is 1. The van der Waals surface area contributed by atoms with Gasteiger partial charge >= 0.3 is 0 Å². The van der Waals surface area contributed by atoms with Crippen LogP contribution in [-0.2, 0) is 10.0 Å². The summed E-state index contributed by atoms with van der Waals surface area (Å²) in [6.45, 7) is 0. The molecule has 2 amide bonds. The molecule has 0 spiro atoms. The first kappa shape index (κ1) is 23.3. The van der Waals surface area contributed by atoms with E-state index in [0.717, 1.165) is 12.1 Å². The Hall–Kier alpha value is -3.39. The van der Waals surface area contributed by atoms with Crippen molar-refractivity contribution in [3.05, 3.63) is 70.6 Å². The topological polar surface area (TPSA) is 162 Å². The predicted molar refractivity (Wildman–Crippen MR) is 119 cm³/mol. The summed E-state index contributed by atoms with van der Waals surface area (Å²) in [4.78, 5) is 24.1. The molecule has 166 valence electrons. The fourth-order valence-corrected chi connectivity index (χ4v) is 3.56. The number of hydrogen-bond acceptors (Lipinski definition) is 6. The predicted octanol–water partition coefficient (Wildman–Crippen LogP) is 1.54. The summed E-state index contributed by atoms with van der Waals surface area (Å²) in [5.41, 5.74) is 5.63. The molecule has 32 heavy (non-hydrogen) atoms. The summed E-state index contributed by atoms with van der Waals surface area (Å²) >= 11 is 11.0. The number of carbonyl (C=O) groups excluding carboxylic acids is 2. The van der Waals surface area contributed by atoms with Crippen LogP contribution >= 0.6 is 23.8 Å². The van der Waals surface area contributed by atoms with Gasteiger partial charge in [0.05, 0.1) is 27.4 Å². The second kappa shape index (κ2) is 9.00. The van der Waals surface area contributed by atoms with Crippen LogP contribution in [0.3, 0.4) is 0 Å². The first-order valence-corrected chi connectivity index (χ1v) is 10.9. The molecule has 0 fully saturated rings. The van der Waals surface area contributed by atoms with Gasteiger partial charge in [-0.2, -0.15) is 5.10 Å². The van der Waals surface area contributed by atoms with Gasteiger partial charge in [0.2, 0.25) is 10.0 Å². The number of nitrogens with two attached hydrogens (primary N) is 2. The second-order valence-electron chi connectivity index (χ2n) is 6.25. The lowest BCUT2D eigenvalue weighted by Gasteiger charge is -2.13. The van der Waals surface area contributed by atoms with Crippen molar-refractivity contribution in [3.63, 3.8) is 0 Å². The van der Waals surface area contributed by atoms with Gasteiger partial charge < -0.3 is 11.1 Å². The number of primary amides is 1. The fourth-order valence-electron chi connectivity index (χ4n) is 2.60. The molecule has 3 rings (SSSR count). The van der Waals surface area contributed by atoms with Gasteiger partial charge in [-0.3, -0.25) is 14.9 Å². The molecule has 0 aliphatic rings. The van der Waals surface area contributed by atoms with Gasteiger partial charge in [-0.1, -0.05) is 11.6 Å². The van der Waals surface area contributed by atoms with E-state index in [9.17, 15) is 22.4 Å². The molecule has 14 heteroatoms. The number of aromatic nitrogens is 2. The molecule has 1 aromatic heterocycles. The Labute approximate surface area is 191 Å². The first-order valence-electron chi connectivity index (χ1n) is 8.56. The zero-order valence-corrected chi connectivity index (χ0v) is 18.3. The normalized spacial score (nSPS) is 11.1. The van der Waals surface area contributed by atoms with Crippen molar-refractivity contribution >= 4 is 56.6 Å². The summed E-state index contributed by atoms with van der Waals surface area (Å²) in [6, 6.07) is 8.49. The van der Waals surface area contributed by atoms with E-state index >= 15 is 0 Å². The molecular weight excluding hydrogens is 483 g/mol. The summed E-state index contributed by atoms with van der Waals surface area (Å²) in [6.07, 6.45) is 1.17. The maximum absolute atomic E-state index is 13.2. The van der Waals surface area contributed by atoms with Crippen LogP contribution in [0.4, 0.5) is 10.2 Å². The number of sulfonamides is 1. The number of halogens is 2. The maximum Gasteiger partial charge on any atom is 0.258 e. The number of carbonyl (C=O) groups is 2. The van der Waals surface area contributed by atoms with Crippen LogP contribution in [0.25, 0.3) is 5.69 Å². The highest BCUT2D eigenvalue weighted by atomic mass is 35.5. The van der Waals surface area contributed by atoms with Gasteiger partial charge in [-0.15, -0.1) is 0 Å². The van der Waals surface area contributed by atoms with Crippen molar-refractivity contribution in [2.45, 2.75) is 4.90 Å². The SMILES string of the molecule is NC(=O)c1cnn(-c2ccc(S(N)(=O)=O)cc2)c1NC(=S)NC(=O)c1ccc(F)cc1Cl. The van der Waals surface area contributed by atoms with E-state index < -0.39 is 27.7 Å². The van der Waals surface area contributed by atoms with Crippen LogP contribution in [-0.4, -0.2) is 35.1 Å². The van der Waals surface area contributed by atoms with Gasteiger partial charge in [0.1, 0.15) is 17.2 Å². The summed E-state index contributed by atoms with van der Waals surface area (Å²) in [5.74, 6) is -2.17. The van der Waals surface area contributed by atoms with Crippen LogP contribution in [0.2, 0.25) is 5.02 Å². The van der Waals surface area contributed by atoms with E-state index in [2.05, 4.69) is 15.7 Å². The zero-order valence-electron chi connectivity index (χ0n) is 15.9. The molecule has 2 aromatic carbocycles.